The second-order valence-corrected chi connectivity index (χ2v) is 4.50. The fourth-order valence-corrected chi connectivity index (χ4v) is 2.00. The Morgan fingerprint density at radius 1 is 1.00 bits per heavy atom. The summed E-state index contributed by atoms with van der Waals surface area (Å²) < 4.78 is 11.0. The summed E-state index contributed by atoms with van der Waals surface area (Å²) in [4.78, 5) is 0. The molecule has 108 valence electrons. The van der Waals surface area contributed by atoms with Crippen LogP contribution in [-0.4, -0.2) is 26.0 Å². The van der Waals surface area contributed by atoms with E-state index in [0.29, 0.717) is 13.2 Å². The molecule has 0 unspecified atom stereocenters. The fourth-order valence-electron chi connectivity index (χ4n) is 2.00. The van der Waals surface area contributed by atoms with Gasteiger partial charge in [-0.25, -0.2) is 0 Å². The van der Waals surface area contributed by atoms with Crippen LogP contribution in [0.15, 0.2) is 24.3 Å². The van der Waals surface area contributed by atoms with Crippen molar-refractivity contribution in [1.82, 2.24) is 0 Å². The molecule has 1 aromatic rings. The first-order valence-corrected chi connectivity index (χ1v) is 7.36. The highest BCUT2D eigenvalue weighted by Gasteiger charge is 2.06. The lowest BCUT2D eigenvalue weighted by Crippen LogP contribution is -2.21. The number of anilines is 1. The van der Waals surface area contributed by atoms with Gasteiger partial charge in [-0.1, -0.05) is 25.5 Å². The maximum absolute atomic E-state index is 5.51. The van der Waals surface area contributed by atoms with Crippen LogP contribution in [0, 0.1) is 0 Å². The molecule has 0 atom stereocenters. The van der Waals surface area contributed by atoms with E-state index in [0.717, 1.165) is 25.1 Å². The first-order valence-electron chi connectivity index (χ1n) is 7.36. The molecule has 0 fully saturated rings. The maximum atomic E-state index is 5.51. The molecule has 0 aliphatic rings. The average molecular weight is 265 g/mol. The molecule has 0 bridgehead atoms. The van der Waals surface area contributed by atoms with Crippen LogP contribution in [0.3, 0.4) is 0 Å². The minimum Gasteiger partial charge on any atom is -0.385 e. The molecule has 1 aromatic carbocycles. The van der Waals surface area contributed by atoms with Crippen molar-refractivity contribution in [3.8, 4) is 0 Å². The van der Waals surface area contributed by atoms with E-state index >= 15 is 0 Å². The zero-order valence-corrected chi connectivity index (χ0v) is 12.4. The summed E-state index contributed by atoms with van der Waals surface area (Å²) in [7, 11) is 0. The minimum atomic E-state index is -0.0955. The molecule has 0 radical (unpaired) electrons. The normalized spacial score (nSPS) is 10.9. The van der Waals surface area contributed by atoms with E-state index in [-0.39, 0.29) is 6.29 Å². The largest absolute Gasteiger partial charge is 0.385 e. The third-order valence-electron chi connectivity index (χ3n) is 2.91. The van der Waals surface area contributed by atoms with Crippen LogP contribution in [0.4, 0.5) is 5.69 Å². The lowest BCUT2D eigenvalue weighted by molar-refractivity contribution is -0.137. The SMILES string of the molecule is CCCc1ccc(NCCC(OCC)OCC)cc1. The summed E-state index contributed by atoms with van der Waals surface area (Å²) in [6, 6.07) is 8.66. The van der Waals surface area contributed by atoms with Crippen molar-refractivity contribution in [3.63, 3.8) is 0 Å². The standard InChI is InChI=1S/C16H27NO2/c1-4-7-14-8-10-15(11-9-14)17-13-12-16(18-5-2)19-6-3/h8-11,16-17H,4-7,12-13H2,1-3H3. The molecule has 3 nitrogen and oxygen atoms in total. The Labute approximate surface area is 117 Å². The molecule has 0 aliphatic heterocycles. The first kappa shape index (κ1) is 16.0. The Hall–Kier alpha value is -1.06. The predicted octanol–water partition coefficient (Wildman–Crippen LogP) is 3.84. The van der Waals surface area contributed by atoms with Crippen molar-refractivity contribution >= 4 is 5.69 Å². The predicted molar refractivity (Wildman–Crippen MR) is 80.6 cm³/mol. The zero-order chi connectivity index (χ0) is 13.9. The first-order chi connectivity index (χ1) is 9.30. The summed E-state index contributed by atoms with van der Waals surface area (Å²) in [6.45, 7) is 8.43. The molecule has 0 heterocycles. The molecule has 0 saturated carbocycles. The van der Waals surface area contributed by atoms with Gasteiger partial charge in [0.15, 0.2) is 6.29 Å². The van der Waals surface area contributed by atoms with E-state index in [9.17, 15) is 0 Å². The summed E-state index contributed by atoms with van der Waals surface area (Å²) in [5.41, 5.74) is 2.56. The molecule has 0 aliphatic carbocycles. The number of benzene rings is 1. The topological polar surface area (TPSA) is 30.5 Å². The van der Waals surface area contributed by atoms with Crippen molar-refractivity contribution in [2.75, 3.05) is 25.1 Å². The summed E-state index contributed by atoms with van der Waals surface area (Å²) in [5.74, 6) is 0. The number of ether oxygens (including phenoxy) is 2. The van der Waals surface area contributed by atoms with Gasteiger partial charge in [-0.15, -0.1) is 0 Å². The fraction of sp³-hybridized carbons (Fsp3) is 0.625. The Balaban J connectivity index is 2.30. The smallest absolute Gasteiger partial charge is 0.159 e. The maximum Gasteiger partial charge on any atom is 0.159 e. The molecule has 0 amide bonds. The van der Waals surface area contributed by atoms with E-state index in [4.69, 9.17) is 9.47 Å². The Morgan fingerprint density at radius 3 is 2.16 bits per heavy atom. The average Bonchev–Trinajstić information content (AvgIpc) is 2.41. The zero-order valence-electron chi connectivity index (χ0n) is 12.4. The molecule has 1 rings (SSSR count). The van der Waals surface area contributed by atoms with Crippen molar-refractivity contribution < 1.29 is 9.47 Å². The van der Waals surface area contributed by atoms with Crippen LogP contribution in [0.25, 0.3) is 0 Å². The quantitative estimate of drug-likeness (QED) is 0.652. The second kappa shape index (κ2) is 9.82. The van der Waals surface area contributed by atoms with E-state index in [1.165, 1.54) is 12.0 Å². The van der Waals surface area contributed by atoms with Crippen molar-refractivity contribution in [1.29, 1.82) is 0 Å². The van der Waals surface area contributed by atoms with Crippen LogP contribution in [-0.2, 0) is 15.9 Å². The van der Waals surface area contributed by atoms with Crippen molar-refractivity contribution in [3.05, 3.63) is 29.8 Å². The third-order valence-corrected chi connectivity index (χ3v) is 2.91. The summed E-state index contributed by atoms with van der Waals surface area (Å²) >= 11 is 0. The number of hydrogen-bond acceptors (Lipinski definition) is 3. The van der Waals surface area contributed by atoms with E-state index in [1.807, 2.05) is 13.8 Å². The molecule has 19 heavy (non-hydrogen) atoms. The molecule has 0 aromatic heterocycles. The molecule has 0 saturated heterocycles. The van der Waals surface area contributed by atoms with Gasteiger partial charge >= 0.3 is 0 Å². The monoisotopic (exact) mass is 265 g/mol. The van der Waals surface area contributed by atoms with Crippen molar-refractivity contribution in [2.45, 2.75) is 46.3 Å². The highest BCUT2D eigenvalue weighted by molar-refractivity contribution is 5.44. The summed E-state index contributed by atoms with van der Waals surface area (Å²) in [5, 5.41) is 3.40. The number of aryl methyl sites for hydroxylation is 1. The Kier molecular flexibility index (Phi) is 8.26. The Morgan fingerprint density at radius 2 is 1.63 bits per heavy atom. The lowest BCUT2D eigenvalue weighted by Gasteiger charge is -2.17. The molecule has 0 spiro atoms. The highest BCUT2D eigenvalue weighted by Crippen LogP contribution is 2.11. The van der Waals surface area contributed by atoms with Crippen molar-refractivity contribution in [2.24, 2.45) is 0 Å². The lowest BCUT2D eigenvalue weighted by atomic mass is 10.1. The van der Waals surface area contributed by atoms with Crippen LogP contribution in [0.1, 0.15) is 39.2 Å². The van der Waals surface area contributed by atoms with Gasteiger partial charge in [-0.3, -0.25) is 0 Å². The third kappa shape index (κ3) is 6.60. The van der Waals surface area contributed by atoms with Gasteiger partial charge in [0.1, 0.15) is 0 Å². The second-order valence-electron chi connectivity index (χ2n) is 4.50. The highest BCUT2D eigenvalue weighted by atomic mass is 16.7. The van der Waals surface area contributed by atoms with Crippen LogP contribution < -0.4 is 5.32 Å². The number of hydrogen-bond donors (Lipinski definition) is 1. The van der Waals surface area contributed by atoms with E-state index in [2.05, 4.69) is 36.5 Å². The van der Waals surface area contributed by atoms with Gasteiger partial charge < -0.3 is 14.8 Å². The molecular formula is C16H27NO2. The van der Waals surface area contributed by atoms with Gasteiger partial charge in [0.25, 0.3) is 0 Å². The number of rotatable bonds is 10. The molecule has 3 heteroatoms. The number of nitrogens with one attached hydrogen (secondary N) is 1. The van der Waals surface area contributed by atoms with Gasteiger partial charge in [-0.05, 0) is 38.0 Å². The van der Waals surface area contributed by atoms with Crippen LogP contribution in [0.2, 0.25) is 0 Å². The van der Waals surface area contributed by atoms with E-state index in [1.54, 1.807) is 0 Å². The minimum absolute atomic E-state index is 0.0955. The summed E-state index contributed by atoms with van der Waals surface area (Å²) in [6.07, 6.45) is 3.11. The van der Waals surface area contributed by atoms with Gasteiger partial charge in [0.2, 0.25) is 0 Å². The van der Waals surface area contributed by atoms with Gasteiger partial charge in [0.05, 0.1) is 0 Å². The van der Waals surface area contributed by atoms with Gasteiger partial charge in [0, 0.05) is 31.9 Å². The van der Waals surface area contributed by atoms with Crippen LogP contribution >= 0.6 is 0 Å². The van der Waals surface area contributed by atoms with E-state index < -0.39 is 0 Å². The Bertz CT molecular complexity index is 318. The molecule has 1 N–H and O–H groups in total. The van der Waals surface area contributed by atoms with Crippen LogP contribution in [0.5, 0.6) is 0 Å². The van der Waals surface area contributed by atoms with Gasteiger partial charge in [-0.2, -0.15) is 0 Å². The molecular weight excluding hydrogens is 238 g/mol.